The van der Waals surface area contributed by atoms with E-state index in [1.54, 1.807) is 0 Å². The molecule has 0 radical (unpaired) electrons. The summed E-state index contributed by atoms with van der Waals surface area (Å²) in [4.78, 5) is 4.74. The van der Waals surface area contributed by atoms with Crippen molar-refractivity contribution in [1.82, 2.24) is 9.80 Å². The minimum absolute atomic E-state index is 0.369. The van der Waals surface area contributed by atoms with Crippen molar-refractivity contribution in [2.75, 3.05) is 45.7 Å². The van der Waals surface area contributed by atoms with Gasteiger partial charge in [-0.1, -0.05) is 15.9 Å². The van der Waals surface area contributed by atoms with Gasteiger partial charge in [0, 0.05) is 31.0 Å². The maximum atomic E-state index is 5.67. The molecule has 2 unspecified atom stereocenters. The van der Waals surface area contributed by atoms with Gasteiger partial charge in [-0.3, -0.25) is 4.90 Å². The molecule has 0 spiro atoms. The van der Waals surface area contributed by atoms with Gasteiger partial charge >= 0.3 is 0 Å². The smallest absolute Gasteiger partial charge is 0.0799 e. The fraction of sp³-hybridized carbons (Fsp3) is 1.00. The molecule has 84 valence electrons. The summed E-state index contributed by atoms with van der Waals surface area (Å²) in [5, 5.41) is 0.943. The fourth-order valence-electron chi connectivity index (χ4n) is 1.61. The van der Waals surface area contributed by atoms with Crippen LogP contribution in [0.2, 0.25) is 0 Å². The lowest BCUT2D eigenvalue weighted by atomic mass is 10.2. The number of ether oxygens (including phenoxy) is 1. The van der Waals surface area contributed by atoms with Crippen LogP contribution in [0.3, 0.4) is 0 Å². The number of rotatable bonds is 4. The van der Waals surface area contributed by atoms with Crippen molar-refractivity contribution in [3.63, 3.8) is 0 Å². The molecule has 1 fully saturated rings. The number of nitrogens with zero attached hydrogens (tertiary/aromatic N) is 2. The second-order valence-electron chi connectivity index (χ2n) is 4.26. The fourth-order valence-corrected chi connectivity index (χ4v) is 2.00. The molecule has 1 aliphatic rings. The standard InChI is InChI=1S/C10H21BrN2O/c1-9-8-14-10(6-11)7-13(9)5-4-12(2)3/h9-10H,4-8H2,1-3H3. The van der Waals surface area contributed by atoms with E-state index in [4.69, 9.17) is 4.74 Å². The van der Waals surface area contributed by atoms with Crippen molar-refractivity contribution in [1.29, 1.82) is 0 Å². The zero-order valence-corrected chi connectivity index (χ0v) is 11.0. The number of likely N-dealkylation sites (N-methyl/N-ethyl adjacent to an activating group) is 1. The molecule has 3 nitrogen and oxygen atoms in total. The molecule has 1 aliphatic heterocycles. The monoisotopic (exact) mass is 264 g/mol. The Labute approximate surface area is 95.5 Å². The van der Waals surface area contributed by atoms with Crippen LogP contribution in [-0.4, -0.2) is 67.6 Å². The summed E-state index contributed by atoms with van der Waals surface area (Å²) in [5.74, 6) is 0. The zero-order chi connectivity index (χ0) is 10.6. The Morgan fingerprint density at radius 2 is 2.21 bits per heavy atom. The first-order chi connectivity index (χ1) is 6.63. The van der Waals surface area contributed by atoms with Crippen LogP contribution in [0.1, 0.15) is 6.92 Å². The molecule has 0 aliphatic carbocycles. The lowest BCUT2D eigenvalue weighted by Crippen LogP contribution is -2.50. The molecular formula is C10H21BrN2O. The lowest BCUT2D eigenvalue weighted by molar-refractivity contribution is -0.0477. The Hall–Kier alpha value is 0.360. The third-order valence-electron chi connectivity index (χ3n) is 2.64. The molecule has 0 saturated carbocycles. The Morgan fingerprint density at radius 3 is 2.79 bits per heavy atom. The molecule has 4 heteroatoms. The van der Waals surface area contributed by atoms with Crippen molar-refractivity contribution < 1.29 is 4.74 Å². The molecule has 0 aromatic heterocycles. The maximum absolute atomic E-state index is 5.67. The summed E-state index contributed by atoms with van der Waals surface area (Å²) in [5.41, 5.74) is 0. The normalized spacial score (nSPS) is 29.8. The largest absolute Gasteiger partial charge is 0.374 e. The summed E-state index contributed by atoms with van der Waals surface area (Å²) in [6.45, 7) is 6.42. The van der Waals surface area contributed by atoms with E-state index in [1.165, 1.54) is 0 Å². The number of hydrogen-bond donors (Lipinski definition) is 0. The maximum Gasteiger partial charge on any atom is 0.0799 e. The molecule has 0 aromatic carbocycles. The van der Waals surface area contributed by atoms with E-state index in [9.17, 15) is 0 Å². The highest BCUT2D eigenvalue weighted by atomic mass is 79.9. The van der Waals surface area contributed by atoms with Gasteiger partial charge in [0.2, 0.25) is 0 Å². The second-order valence-corrected chi connectivity index (χ2v) is 4.90. The van der Waals surface area contributed by atoms with Crippen LogP contribution in [0, 0.1) is 0 Å². The van der Waals surface area contributed by atoms with Crippen molar-refractivity contribution in [3.05, 3.63) is 0 Å². The Bertz CT molecular complexity index is 166. The number of morpholine rings is 1. The van der Waals surface area contributed by atoms with Crippen LogP contribution in [-0.2, 0) is 4.74 Å². The van der Waals surface area contributed by atoms with Gasteiger partial charge in [0.15, 0.2) is 0 Å². The highest BCUT2D eigenvalue weighted by Crippen LogP contribution is 2.12. The van der Waals surface area contributed by atoms with Gasteiger partial charge in [-0.25, -0.2) is 0 Å². The number of hydrogen-bond acceptors (Lipinski definition) is 3. The lowest BCUT2D eigenvalue weighted by Gasteiger charge is -2.37. The van der Waals surface area contributed by atoms with E-state index in [2.05, 4.69) is 46.7 Å². The summed E-state index contributed by atoms with van der Waals surface area (Å²) in [7, 11) is 4.24. The van der Waals surface area contributed by atoms with Crippen LogP contribution < -0.4 is 0 Å². The van der Waals surface area contributed by atoms with Gasteiger partial charge in [-0.15, -0.1) is 0 Å². The van der Waals surface area contributed by atoms with Gasteiger partial charge in [0.25, 0.3) is 0 Å². The molecular weight excluding hydrogens is 244 g/mol. The van der Waals surface area contributed by atoms with Crippen molar-refractivity contribution in [3.8, 4) is 0 Å². The molecule has 0 bridgehead atoms. The average Bonchev–Trinajstić information content (AvgIpc) is 2.16. The first-order valence-electron chi connectivity index (χ1n) is 5.20. The summed E-state index contributed by atoms with van der Waals surface area (Å²) >= 11 is 3.48. The summed E-state index contributed by atoms with van der Waals surface area (Å²) in [6, 6.07) is 0.560. The number of alkyl halides is 1. The first kappa shape index (κ1) is 12.4. The molecule has 0 aromatic rings. The minimum Gasteiger partial charge on any atom is -0.374 e. The van der Waals surface area contributed by atoms with Crippen LogP contribution >= 0.6 is 15.9 Å². The molecule has 1 rings (SSSR count). The van der Waals surface area contributed by atoms with Crippen molar-refractivity contribution in [2.45, 2.75) is 19.1 Å². The Balaban J connectivity index is 2.32. The van der Waals surface area contributed by atoms with Gasteiger partial charge in [-0.05, 0) is 21.0 Å². The zero-order valence-electron chi connectivity index (χ0n) is 9.37. The topological polar surface area (TPSA) is 15.7 Å². The van der Waals surface area contributed by atoms with E-state index >= 15 is 0 Å². The average molecular weight is 265 g/mol. The molecule has 1 saturated heterocycles. The first-order valence-corrected chi connectivity index (χ1v) is 6.32. The highest BCUT2D eigenvalue weighted by molar-refractivity contribution is 9.09. The van der Waals surface area contributed by atoms with Gasteiger partial charge < -0.3 is 9.64 Å². The van der Waals surface area contributed by atoms with Gasteiger partial charge in [-0.2, -0.15) is 0 Å². The molecule has 0 N–H and O–H groups in total. The second kappa shape index (κ2) is 6.05. The minimum atomic E-state index is 0.369. The van der Waals surface area contributed by atoms with Gasteiger partial charge in [0.05, 0.1) is 12.7 Å². The molecule has 1 heterocycles. The SMILES string of the molecule is CC1COC(CBr)CN1CCN(C)C. The summed E-state index contributed by atoms with van der Waals surface area (Å²) < 4.78 is 5.67. The Kier molecular flexibility index (Phi) is 5.38. The van der Waals surface area contributed by atoms with Crippen LogP contribution in [0.25, 0.3) is 0 Å². The third kappa shape index (κ3) is 3.85. The molecule has 14 heavy (non-hydrogen) atoms. The third-order valence-corrected chi connectivity index (χ3v) is 3.36. The number of halogens is 1. The van der Waals surface area contributed by atoms with E-state index < -0.39 is 0 Å². The van der Waals surface area contributed by atoms with Crippen molar-refractivity contribution in [2.24, 2.45) is 0 Å². The molecule has 0 amide bonds. The Morgan fingerprint density at radius 1 is 1.50 bits per heavy atom. The van der Waals surface area contributed by atoms with Crippen LogP contribution in [0.4, 0.5) is 0 Å². The predicted molar refractivity (Wildman–Crippen MR) is 63.1 cm³/mol. The highest BCUT2D eigenvalue weighted by Gasteiger charge is 2.24. The van der Waals surface area contributed by atoms with E-state index in [-0.39, 0.29) is 0 Å². The quantitative estimate of drug-likeness (QED) is 0.706. The van der Waals surface area contributed by atoms with Gasteiger partial charge in [0.1, 0.15) is 0 Å². The van der Waals surface area contributed by atoms with E-state index in [0.29, 0.717) is 12.1 Å². The molecule has 2 atom stereocenters. The van der Waals surface area contributed by atoms with Crippen molar-refractivity contribution >= 4 is 15.9 Å². The van der Waals surface area contributed by atoms with E-state index in [1.807, 2.05) is 0 Å². The summed E-state index contributed by atoms with van der Waals surface area (Å²) in [6.07, 6.45) is 0.369. The van der Waals surface area contributed by atoms with E-state index in [0.717, 1.165) is 31.6 Å². The van der Waals surface area contributed by atoms with Crippen LogP contribution in [0.15, 0.2) is 0 Å². The van der Waals surface area contributed by atoms with Crippen LogP contribution in [0.5, 0.6) is 0 Å². The predicted octanol–water partition coefficient (Wildman–Crippen LogP) is 1.03.